The second-order valence-corrected chi connectivity index (χ2v) is 4.34. The number of rotatable bonds is 5. The Morgan fingerprint density at radius 1 is 1.50 bits per heavy atom. The van der Waals surface area contributed by atoms with Crippen LogP contribution < -0.4 is 5.48 Å². The van der Waals surface area contributed by atoms with E-state index < -0.39 is 9.84 Å². The van der Waals surface area contributed by atoms with Gasteiger partial charge in [0.1, 0.15) is 9.84 Å². The molecular formula is C5H13NO3S. The summed E-state index contributed by atoms with van der Waals surface area (Å²) in [4.78, 5) is 4.51. The van der Waals surface area contributed by atoms with Crippen LogP contribution in [-0.4, -0.2) is 34.1 Å². The molecule has 0 aromatic heterocycles. The molecule has 0 saturated carbocycles. The largest absolute Gasteiger partial charge is 0.305 e. The highest BCUT2D eigenvalue weighted by Gasteiger charge is 1.99. The van der Waals surface area contributed by atoms with Crippen LogP contribution in [0.3, 0.4) is 0 Å². The summed E-state index contributed by atoms with van der Waals surface area (Å²) in [7, 11) is -1.30. The van der Waals surface area contributed by atoms with Gasteiger partial charge in [0, 0.05) is 12.8 Å². The third-order valence-electron chi connectivity index (χ3n) is 0.938. The van der Waals surface area contributed by atoms with Crippen molar-refractivity contribution in [2.24, 2.45) is 0 Å². The second-order valence-electron chi connectivity index (χ2n) is 2.08. The maximum Gasteiger partial charge on any atom is 0.147 e. The first-order valence-corrected chi connectivity index (χ1v) is 5.06. The maximum absolute atomic E-state index is 10.5. The average molecular weight is 167 g/mol. The van der Waals surface area contributed by atoms with Gasteiger partial charge in [0.15, 0.2) is 0 Å². The van der Waals surface area contributed by atoms with Gasteiger partial charge in [0.25, 0.3) is 0 Å². The zero-order valence-electron chi connectivity index (χ0n) is 6.25. The van der Waals surface area contributed by atoms with Crippen LogP contribution in [0.1, 0.15) is 6.42 Å². The number of hydrogen-bond donors (Lipinski definition) is 1. The monoisotopic (exact) mass is 167 g/mol. The summed E-state index contributed by atoms with van der Waals surface area (Å²) in [6.45, 7) is 0.573. The van der Waals surface area contributed by atoms with E-state index in [0.29, 0.717) is 13.0 Å². The van der Waals surface area contributed by atoms with Crippen LogP contribution in [0.5, 0.6) is 0 Å². The summed E-state index contributed by atoms with van der Waals surface area (Å²) in [5.74, 6) is 0.212. The molecule has 0 spiro atoms. The molecule has 0 heterocycles. The van der Waals surface area contributed by atoms with Crippen LogP contribution in [0.4, 0.5) is 0 Å². The molecule has 0 aliphatic carbocycles. The first-order valence-electron chi connectivity index (χ1n) is 3.00. The molecule has 0 bridgehead atoms. The minimum absolute atomic E-state index is 0.212. The van der Waals surface area contributed by atoms with Crippen molar-refractivity contribution < 1.29 is 13.3 Å². The highest BCUT2D eigenvalue weighted by molar-refractivity contribution is 7.90. The summed E-state index contributed by atoms with van der Waals surface area (Å²) in [5.41, 5.74) is 2.56. The van der Waals surface area contributed by atoms with E-state index in [4.69, 9.17) is 0 Å². The van der Waals surface area contributed by atoms with E-state index in [-0.39, 0.29) is 5.75 Å². The van der Waals surface area contributed by atoms with E-state index in [1.165, 1.54) is 13.4 Å². The molecule has 5 heteroatoms. The lowest BCUT2D eigenvalue weighted by molar-refractivity contribution is 0.0922. The molecule has 62 valence electrons. The predicted molar refractivity (Wildman–Crippen MR) is 39.3 cm³/mol. The van der Waals surface area contributed by atoms with Crippen LogP contribution in [0, 0.1) is 0 Å². The molecule has 0 unspecified atom stereocenters. The molecule has 4 nitrogen and oxygen atoms in total. The molecule has 0 aromatic rings. The van der Waals surface area contributed by atoms with Gasteiger partial charge in [-0.1, -0.05) is 0 Å². The van der Waals surface area contributed by atoms with Gasteiger partial charge in [0.2, 0.25) is 0 Å². The van der Waals surface area contributed by atoms with Crippen molar-refractivity contribution in [1.29, 1.82) is 0 Å². The zero-order chi connectivity index (χ0) is 8.04. The van der Waals surface area contributed by atoms with Gasteiger partial charge in [-0.3, -0.25) is 0 Å². The Balaban J connectivity index is 3.21. The zero-order valence-corrected chi connectivity index (χ0v) is 7.07. The highest BCUT2D eigenvalue weighted by Crippen LogP contribution is 1.86. The van der Waals surface area contributed by atoms with E-state index in [2.05, 4.69) is 10.3 Å². The van der Waals surface area contributed by atoms with Crippen molar-refractivity contribution in [2.75, 3.05) is 25.7 Å². The third-order valence-corrected chi connectivity index (χ3v) is 1.97. The summed E-state index contributed by atoms with van der Waals surface area (Å²) >= 11 is 0. The number of nitrogens with one attached hydrogen (secondary N) is 1. The molecule has 0 aromatic carbocycles. The first kappa shape index (κ1) is 9.87. The van der Waals surface area contributed by atoms with Crippen molar-refractivity contribution in [3.8, 4) is 0 Å². The minimum atomic E-state index is -2.80. The Morgan fingerprint density at radius 2 is 2.10 bits per heavy atom. The van der Waals surface area contributed by atoms with E-state index >= 15 is 0 Å². The van der Waals surface area contributed by atoms with Crippen molar-refractivity contribution in [3.05, 3.63) is 0 Å². The normalized spacial score (nSPS) is 11.8. The smallest absolute Gasteiger partial charge is 0.147 e. The third kappa shape index (κ3) is 7.87. The van der Waals surface area contributed by atoms with Gasteiger partial charge in [-0.15, -0.1) is 0 Å². The summed E-state index contributed by atoms with van der Waals surface area (Å²) in [5, 5.41) is 0. The molecule has 0 amide bonds. The van der Waals surface area contributed by atoms with Gasteiger partial charge < -0.3 is 4.84 Å². The highest BCUT2D eigenvalue weighted by atomic mass is 32.2. The molecule has 1 N–H and O–H groups in total. The summed E-state index contributed by atoms with van der Waals surface area (Å²) < 4.78 is 21.1. The average Bonchev–Trinajstić information content (AvgIpc) is 1.78. The summed E-state index contributed by atoms with van der Waals surface area (Å²) in [6.07, 6.45) is 1.81. The standard InChI is InChI=1S/C5H13NO3S/c1-9-6-4-3-5-10(2,7)8/h6H,3-5H2,1-2H3. The van der Waals surface area contributed by atoms with Gasteiger partial charge in [-0.2, -0.15) is 0 Å². The maximum atomic E-state index is 10.5. The quantitative estimate of drug-likeness (QED) is 0.446. The van der Waals surface area contributed by atoms with E-state index in [9.17, 15) is 8.42 Å². The molecule has 0 fully saturated rings. The summed E-state index contributed by atoms with van der Waals surface area (Å²) in [6, 6.07) is 0. The van der Waals surface area contributed by atoms with E-state index in [0.717, 1.165) is 0 Å². The fraction of sp³-hybridized carbons (Fsp3) is 1.00. The predicted octanol–water partition coefficient (Wildman–Crippen LogP) is -0.428. The molecule has 0 radical (unpaired) electrons. The second kappa shape index (κ2) is 4.65. The molecule has 0 rings (SSSR count). The van der Waals surface area contributed by atoms with Crippen LogP contribution in [0.15, 0.2) is 0 Å². The minimum Gasteiger partial charge on any atom is -0.305 e. The van der Waals surface area contributed by atoms with Crippen molar-refractivity contribution >= 4 is 9.84 Å². The number of sulfone groups is 1. The number of hydroxylamine groups is 1. The molecule has 0 aliphatic heterocycles. The lowest BCUT2D eigenvalue weighted by atomic mass is 10.5. The van der Waals surface area contributed by atoms with E-state index in [1.807, 2.05) is 0 Å². The van der Waals surface area contributed by atoms with Crippen molar-refractivity contribution in [2.45, 2.75) is 6.42 Å². The molecular weight excluding hydrogens is 154 g/mol. The molecule has 0 saturated heterocycles. The molecule has 0 aliphatic rings. The molecule has 0 atom stereocenters. The topological polar surface area (TPSA) is 55.4 Å². The van der Waals surface area contributed by atoms with Crippen molar-refractivity contribution in [3.63, 3.8) is 0 Å². The Hall–Kier alpha value is -0.130. The fourth-order valence-electron chi connectivity index (χ4n) is 0.509. The van der Waals surface area contributed by atoms with Gasteiger partial charge >= 0.3 is 0 Å². The lowest BCUT2D eigenvalue weighted by Crippen LogP contribution is -2.16. The van der Waals surface area contributed by atoms with Crippen LogP contribution in [0.2, 0.25) is 0 Å². The Morgan fingerprint density at radius 3 is 2.50 bits per heavy atom. The van der Waals surface area contributed by atoms with Crippen molar-refractivity contribution in [1.82, 2.24) is 5.48 Å². The number of hydrogen-bond acceptors (Lipinski definition) is 4. The molecule has 10 heavy (non-hydrogen) atoms. The lowest BCUT2D eigenvalue weighted by Gasteiger charge is -1.98. The first-order chi connectivity index (χ1) is 4.56. The Labute approximate surface area is 61.4 Å². The fourth-order valence-corrected chi connectivity index (χ4v) is 1.18. The Kier molecular flexibility index (Phi) is 4.59. The van der Waals surface area contributed by atoms with Gasteiger partial charge in [0.05, 0.1) is 12.9 Å². The SMILES string of the molecule is CONCCCS(C)(=O)=O. The van der Waals surface area contributed by atoms with Gasteiger partial charge in [-0.25, -0.2) is 13.9 Å². The Bertz CT molecular complexity index is 164. The van der Waals surface area contributed by atoms with Crippen LogP contribution in [-0.2, 0) is 14.7 Å². The van der Waals surface area contributed by atoms with E-state index in [1.54, 1.807) is 0 Å². The van der Waals surface area contributed by atoms with Gasteiger partial charge in [-0.05, 0) is 6.42 Å². The van der Waals surface area contributed by atoms with Crippen LogP contribution >= 0.6 is 0 Å². The van der Waals surface area contributed by atoms with Crippen LogP contribution in [0.25, 0.3) is 0 Å².